The van der Waals surface area contributed by atoms with Crippen molar-refractivity contribution in [1.82, 2.24) is 4.72 Å². The molecule has 4 nitrogen and oxygen atoms in total. The molecule has 0 heterocycles. The molecule has 0 radical (unpaired) electrons. The van der Waals surface area contributed by atoms with Crippen molar-refractivity contribution in [2.75, 3.05) is 5.73 Å². The highest BCUT2D eigenvalue weighted by Crippen LogP contribution is 2.28. The Morgan fingerprint density at radius 3 is 2.50 bits per heavy atom. The van der Waals surface area contributed by atoms with E-state index in [-0.39, 0.29) is 6.04 Å². The average Bonchev–Trinajstić information content (AvgIpc) is 2.42. The van der Waals surface area contributed by atoms with Crippen molar-refractivity contribution in [3.63, 3.8) is 0 Å². The second-order valence-corrected chi connectivity index (χ2v) is 7.45. The van der Waals surface area contributed by atoms with E-state index >= 15 is 0 Å². The van der Waals surface area contributed by atoms with Crippen molar-refractivity contribution in [2.45, 2.75) is 56.9 Å². The van der Waals surface area contributed by atoms with Crippen molar-refractivity contribution in [3.8, 4) is 0 Å². The minimum atomic E-state index is -3.47. The number of hydrogen-bond acceptors (Lipinski definition) is 3. The van der Waals surface area contributed by atoms with Gasteiger partial charge in [-0.2, -0.15) is 0 Å². The fraction of sp³-hybridized carbons (Fsp3) is 0.600. The van der Waals surface area contributed by atoms with Crippen LogP contribution in [0, 0.1) is 12.8 Å². The monoisotopic (exact) mass is 296 g/mol. The summed E-state index contributed by atoms with van der Waals surface area (Å²) in [5.41, 5.74) is 6.91. The molecule has 3 N–H and O–H groups in total. The molecular weight excluding hydrogens is 272 g/mol. The smallest absolute Gasteiger partial charge is 0.241 e. The highest BCUT2D eigenvalue weighted by atomic mass is 32.2. The Balaban J connectivity index is 2.10. The Morgan fingerprint density at radius 1 is 1.25 bits per heavy atom. The van der Waals surface area contributed by atoms with Gasteiger partial charge in [0.05, 0.1) is 4.90 Å². The molecule has 0 aromatic heterocycles. The Kier molecular flexibility index (Phi) is 4.70. The Labute approximate surface area is 121 Å². The number of anilines is 1. The zero-order valence-corrected chi connectivity index (χ0v) is 13.0. The molecular formula is C15H24N2O2S. The van der Waals surface area contributed by atoms with Crippen LogP contribution in [-0.2, 0) is 10.0 Å². The molecule has 20 heavy (non-hydrogen) atoms. The van der Waals surface area contributed by atoms with Gasteiger partial charge in [-0.25, -0.2) is 13.1 Å². The molecule has 0 saturated heterocycles. The lowest BCUT2D eigenvalue weighted by molar-refractivity contribution is 0.306. The fourth-order valence-electron chi connectivity index (χ4n) is 2.88. The second-order valence-electron chi connectivity index (χ2n) is 5.77. The van der Waals surface area contributed by atoms with Gasteiger partial charge in [0, 0.05) is 11.7 Å². The molecule has 1 saturated carbocycles. The summed E-state index contributed by atoms with van der Waals surface area (Å²) in [6, 6.07) is 5.07. The van der Waals surface area contributed by atoms with Crippen molar-refractivity contribution >= 4 is 15.7 Å². The van der Waals surface area contributed by atoms with E-state index in [9.17, 15) is 8.42 Å². The maximum atomic E-state index is 12.5. The largest absolute Gasteiger partial charge is 0.399 e. The predicted octanol–water partition coefficient (Wildman–Crippen LogP) is 2.82. The van der Waals surface area contributed by atoms with E-state index in [4.69, 9.17) is 5.73 Å². The first kappa shape index (κ1) is 15.3. The van der Waals surface area contributed by atoms with Gasteiger partial charge in [0.15, 0.2) is 0 Å². The summed E-state index contributed by atoms with van der Waals surface area (Å²) in [6.45, 7) is 3.99. The molecule has 1 aromatic rings. The zero-order valence-electron chi connectivity index (χ0n) is 12.2. The molecule has 0 spiro atoms. The van der Waals surface area contributed by atoms with E-state index in [1.54, 1.807) is 19.1 Å². The molecule has 5 heteroatoms. The second kappa shape index (κ2) is 6.14. The maximum absolute atomic E-state index is 12.5. The maximum Gasteiger partial charge on any atom is 0.241 e. The summed E-state index contributed by atoms with van der Waals surface area (Å²) in [7, 11) is -3.47. The summed E-state index contributed by atoms with van der Waals surface area (Å²) in [5, 5.41) is 0. The Hall–Kier alpha value is -1.07. The molecule has 0 unspecified atom stereocenters. The van der Waals surface area contributed by atoms with Gasteiger partial charge in [-0.3, -0.25) is 0 Å². The SMILES string of the molecule is CCC1CCC(NS(=O)(=O)c2cc(N)ccc2C)CC1. The van der Waals surface area contributed by atoms with Gasteiger partial charge in [-0.1, -0.05) is 19.4 Å². The molecule has 0 aliphatic heterocycles. The van der Waals surface area contributed by atoms with Crippen LogP contribution in [0.4, 0.5) is 5.69 Å². The Morgan fingerprint density at radius 2 is 1.90 bits per heavy atom. The van der Waals surface area contributed by atoms with E-state index < -0.39 is 10.0 Å². The normalized spacial score (nSPS) is 23.7. The van der Waals surface area contributed by atoms with Gasteiger partial charge in [-0.05, 0) is 56.2 Å². The first-order valence-electron chi connectivity index (χ1n) is 7.31. The van der Waals surface area contributed by atoms with Crippen LogP contribution in [0.5, 0.6) is 0 Å². The summed E-state index contributed by atoms with van der Waals surface area (Å²) in [5.74, 6) is 0.754. The highest BCUT2D eigenvalue weighted by Gasteiger charge is 2.25. The van der Waals surface area contributed by atoms with Crippen LogP contribution in [0.2, 0.25) is 0 Å². The van der Waals surface area contributed by atoms with E-state index in [1.165, 1.54) is 12.5 Å². The predicted molar refractivity (Wildman–Crippen MR) is 81.9 cm³/mol. The molecule has 0 atom stereocenters. The van der Waals surface area contributed by atoms with Crippen LogP contribution < -0.4 is 10.5 Å². The van der Waals surface area contributed by atoms with E-state index in [0.29, 0.717) is 10.6 Å². The number of rotatable bonds is 4. The lowest BCUT2D eigenvalue weighted by Gasteiger charge is -2.28. The van der Waals surface area contributed by atoms with E-state index in [1.807, 2.05) is 0 Å². The van der Waals surface area contributed by atoms with Gasteiger partial charge >= 0.3 is 0 Å². The highest BCUT2D eigenvalue weighted by molar-refractivity contribution is 7.89. The van der Waals surface area contributed by atoms with Crippen LogP contribution in [0.15, 0.2) is 23.1 Å². The standard InChI is InChI=1S/C15H24N2O2S/c1-3-12-5-8-14(9-6-12)17-20(18,19)15-10-13(16)7-4-11(15)2/h4,7,10,12,14,17H,3,5-6,8-9,16H2,1-2H3. The number of nitrogens with two attached hydrogens (primary N) is 1. The molecule has 1 fully saturated rings. The quantitative estimate of drug-likeness (QED) is 0.839. The molecule has 112 valence electrons. The van der Waals surface area contributed by atoms with E-state index in [0.717, 1.165) is 37.2 Å². The lowest BCUT2D eigenvalue weighted by atomic mass is 9.85. The Bertz CT molecular complexity index is 561. The third-order valence-corrected chi connectivity index (χ3v) is 5.91. The van der Waals surface area contributed by atoms with Crippen LogP contribution in [0.25, 0.3) is 0 Å². The molecule has 2 rings (SSSR count). The van der Waals surface area contributed by atoms with Gasteiger partial charge in [0.1, 0.15) is 0 Å². The first-order valence-corrected chi connectivity index (χ1v) is 8.79. The molecule has 0 bridgehead atoms. The van der Waals surface area contributed by atoms with Gasteiger partial charge < -0.3 is 5.73 Å². The molecule has 0 amide bonds. The van der Waals surface area contributed by atoms with Gasteiger partial charge in [-0.15, -0.1) is 0 Å². The number of aryl methyl sites for hydroxylation is 1. The van der Waals surface area contributed by atoms with Crippen molar-refractivity contribution in [3.05, 3.63) is 23.8 Å². The van der Waals surface area contributed by atoms with Crippen LogP contribution in [0.1, 0.15) is 44.6 Å². The molecule has 1 aliphatic rings. The van der Waals surface area contributed by atoms with Crippen LogP contribution in [-0.4, -0.2) is 14.5 Å². The number of nitrogen functional groups attached to an aromatic ring is 1. The average molecular weight is 296 g/mol. The minimum Gasteiger partial charge on any atom is -0.399 e. The summed E-state index contributed by atoms with van der Waals surface area (Å²) in [6.07, 6.45) is 5.27. The summed E-state index contributed by atoms with van der Waals surface area (Å²) in [4.78, 5) is 0.301. The van der Waals surface area contributed by atoms with Gasteiger partial charge in [0.25, 0.3) is 0 Å². The minimum absolute atomic E-state index is 0.0589. The first-order chi connectivity index (χ1) is 9.42. The number of sulfonamides is 1. The third-order valence-electron chi connectivity index (χ3n) is 4.25. The summed E-state index contributed by atoms with van der Waals surface area (Å²) < 4.78 is 27.8. The fourth-order valence-corrected chi connectivity index (χ4v) is 4.46. The van der Waals surface area contributed by atoms with Gasteiger partial charge in [0.2, 0.25) is 10.0 Å². The van der Waals surface area contributed by atoms with Crippen LogP contribution in [0.3, 0.4) is 0 Å². The van der Waals surface area contributed by atoms with E-state index in [2.05, 4.69) is 11.6 Å². The van der Waals surface area contributed by atoms with Crippen molar-refractivity contribution in [2.24, 2.45) is 5.92 Å². The summed E-state index contributed by atoms with van der Waals surface area (Å²) >= 11 is 0. The van der Waals surface area contributed by atoms with Crippen molar-refractivity contribution in [1.29, 1.82) is 0 Å². The molecule has 1 aliphatic carbocycles. The topological polar surface area (TPSA) is 72.2 Å². The molecule has 1 aromatic carbocycles. The lowest BCUT2D eigenvalue weighted by Crippen LogP contribution is -2.37. The van der Waals surface area contributed by atoms with Crippen molar-refractivity contribution < 1.29 is 8.42 Å². The number of benzene rings is 1. The number of hydrogen-bond donors (Lipinski definition) is 2. The number of nitrogens with one attached hydrogen (secondary N) is 1. The third kappa shape index (κ3) is 3.52. The van der Waals surface area contributed by atoms with Crippen LogP contribution >= 0.6 is 0 Å². The zero-order chi connectivity index (χ0) is 14.8.